The van der Waals surface area contributed by atoms with Crippen molar-refractivity contribution in [2.24, 2.45) is 0 Å². The summed E-state index contributed by atoms with van der Waals surface area (Å²) in [6.45, 7) is 1.84. The van der Waals surface area contributed by atoms with E-state index in [1.54, 1.807) is 0 Å². The van der Waals surface area contributed by atoms with Gasteiger partial charge in [-0.2, -0.15) is 5.26 Å². The molecular formula is C18H18N4O2S. The van der Waals surface area contributed by atoms with E-state index in [9.17, 15) is 9.59 Å². The molecule has 1 aliphatic carbocycles. The number of hydrogen-bond donors (Lipinski definition) is 2. The molecule has 3 rings (SSSR count). The highest BCUT2D eigenvalue weighted by atomic mass is 32.1. The van der Waals surface area contributed by atoms with Gasteiger partial charge in [-0.25, -0.2) is 4.98 Å². The number of benzene rings is 1. The maximum Gasteiger partial charge on any atom is 0.240 e. The summed E-state index contributed by atoms with van der Waals surface area (Å²) in [5.74, 6) is -0.600. The Labute approximate surface area is 149 Å². The van der Waals surface area contributed by atoms with Crippen LogP contribution in [-0.4, -0.2) is 28.9 Å². The third-order valence-electron chi connectivity index (χ3n) is 3.92. The number of nitrogens with one attached hydrogen (secondary N) is 2. The number of fused-ring (bicyclic) bond motifs is 1. The topological polar surface area (TPSA) is 94.9 Å². The number of carbonyl (C=O) groups excluding carboxylic acids is 2. The molecule has 128 valence electrons. The van der Waals surface area contributed by atoms with E-state index in [0.29, 0.717) is 17.8 Å². The summed E-state index contributed by atoms with van der Waals surface area (Å²) >= 11 is 1.47. The Hall–Kier alpha value is -2.72. The SMILES string of the molecule is C/C=C/c1ccc2nc(CC(=O)NCC(=O)NC3(C#N)CC3)sc2c1. The molecule has 1 aliphatic rings. The van der Waals surface area contributed by atoms with E-state index in [4.69, 9.17) is 5.26 Å². The third kappa shape index (κ3) is 4.22. The van der Waals surface area contributed by atoms with Crippen LogP contribution in [0.1, 0.15) is 30.3 Å². The Balaban J connectivity index is 1.55. The molecule has 25 heavy (non-hydrogen) atoms. The predicted molar refractivity (Wildman–Crippen MR) is 96.8 cm³/mol. The molecule has 0 radical (unpaired) electrons. The molecule has 2 aromatic rings. The van der Waals surface area contributed by atoms with E-state index < -0.39 is 5.54 Å². The second kappa shape index (κ2) is 7.03. The molecular weight excluding hydrogens is 336 g/mol. The Morgan fingerprint density at radius 3 is 2.88 bits per heavy atom. The van der Waals surface area contributed by atoms with Gasteiger partial charge in [-0.1, -0.05) is 18.2 Å². The molecule has 0 spiro atoms. The van der Waals surface area contributed by atoms with Crippen molar-refractivity contribution < 1.29 is 9.59 Å². The van der Waals surface area contributed by atoms with Crippen LogP contribution in [0, 0.1) is 11.3 Å². The monoisotopic (exact) mass is 354 g/mol. The minimum absolute atomic E-state index is 0.126. The number of nitrogens with zero attached hydrogens (tertiary/aromatic N) is 2. The number of allylic oxidation sites excluding steroid dienone is 1. The van der Waals surface area contributed by atoms with Gasteiger partial charge in [0.25, 0.3) is 0 Å². The van der Waals surface area contributed by atoms with Crippen LogP contribution in [0.4, 0.5) is 0 Å². The Morgan fingerprint density at radius 1 is 1.40 bits per heavy atom. The van der Waals surface area contributed by atoms with Crippen molar-refractivity contribution in [2.45, 2.75) is 31.7 Å². The molecule has 2 N–H and O–H groups in total. The summed E-state index contributed by atoms with van der Waals surface area (Å²) in [4.78, 5) is 28.2. The molecule has 2 amide bonds. The lowest BCUT2D eigenvalue weighted by atomic mass is 10.2. The second-order valence-corrected chi connectivity index (χ2v) is 7.15. The third-order valence-corrected chi connectivity index (χ3v) is 4.93. The predicted octanol–water partition coefficient (Wildman–Crippen LogP) is 2.16. The van der Waals surface area contributed by atoms with Gasteiger partial charge in [0.05, 0.1) is 29.3 Å². The van der Waals surface area contributed by atoms with Gasteiger partial charge in [-0.15, -0.1) is 11.3 Å². The van der Waals surface area contributed by atoms with Gasteiger partial charge >= 0.3 is 0 Å². The average Bonchev–Trinajstić information content (AvgIpc) is 3.24. The van der Waals surface area contributed by atoms with Crippen LogP contribution in [0.5, 0.6) is 0 Å². The zero-order chi connectivity index (χ0) is 17.9. The first-order valence-electron chi connectivity index (χ1n) is 8.05. The van der Waals surface area contributed by atoms with Crippen molar-refractivity contribution in [1.82, 2.24) is 15.6 Å². The normalized spacial score (nSPS) is 15.0. The van der Waals surface area contributed by atoms with Gasteiger partial charge in [0, 0.05) is 0 Å². The number of carbonyl (C=O) groups is 2. The molecule has 1 aromatic carbocycles. The Bertz CT molecular complexity index is 890. The summed E-state index contributed by atoms with van der Waals surface area (Å²) < 4.78 is 1.03. The summed E-state index contributed by atoms with van der Waals surface area (Å²) in [6, 6.07) is 8.04. The van der Waals surface area contributed by atoms with Gasteiger partial charge in [-0.3, -0.25) is 9.59 Å². The second-order valence-electron chi connectivity index (χ2n) is 6.03. The van der Waals surface area contributed by atoms with Crippen LogP contribution in [0.3, 0.4) is 0 Å². The molecule has 0 saturated heterocycles. The number of rotatable bonds is 6. The van der Waals surface area contributed by atoms with E-state index in [-0.39, 0.29) is 24.8 Å². The number of nitriles is 1. The van der Waals surface area contributed by atoms with Crippen molar-refractivity contribution in [1.29, 1.82) is 5.26 Å². The lowest BCUT2D eigenvalue weighted by Gasteiger charge is -2.09. The molecule has 1 saturated carbocycles. The maximum absolute atomic E-state index is 12.0. The van der Waals surface area contributed by atoms with Crippen molar-refractivity contribution in [3.05, 3.63) is 34.8 Å². The van der Waals surface area contributed by atoms with Gasteiger partial charge in [0.2, 0.25) is 11.8 Å². The lowest BCUT2D eigenvalue weighted by molar-refractivity contribution is -0.126. The van der Waals surface area contributed by atoms with Gasteiger partial charge in [0.15, 0.2) is 0 Å². The molecule has 1 heterocycles. The van der Waals surface area contributed by atoms with Crippen molar-refractivity contribution in [3.63, 3.8) is 0 Å². The molecule has 0 atom stereocenters. The van der Waals surface area contributed by atoms with Crippen LogP contribution in [0.25, 0.3) is 16.3 Å². The number of thiazole rings is 1. The minimum atomic E-state index is -0.709. The average molecular weight is 354 g/mol. The highest BCUT2D eigenvalue weighted by molar-refractivity contribution is 7.18. The zero-order valence-corrected chi connectivity index (χ0v) is 14.7. The number of aromatic nitrogens is 1. The van der Waals surface area contributed by atoms with Crippen LogP contribution < -0.4 is 10.6 Å². The fourth-order valence-corrected chi connectivity index (χ4v) is 3.45. The largest absolute Gasteiger partial charge is 0.347 e. The van der Waals surface area contributed by atoms with Crippen LogP contribution in [-0.2, 0) is 16.0 Å². The van der Waals surface area contributed by atoms with E-state index in [2.05, 4.69) is 21.7 Å². The summed E-state index contributed by atoms with van der Waals surface area (Å²) in [7, 11) is 0. The first-order chi connectivity index (χ1) is 12.0. The molecule has 7 heteroatoms. The highest BCUT2D eigenvalue weighted by Gasteiger charge is 2.44. The fraction of sp³-hybridized carbons (Fsp3) is 0.333. The van der Waals surface area contributed by atoms with Gasteiger partial charge in [0.1, 0.15) is 10.5 Å². The van der Waals surface area contributed by atoms with E-state index in [0.717, 1.165) is 15.8 Å². The van der Waals surface area contributed by atoms with Crippen LogP contribution >= 0.6 is 11.3 Å². The number of hydrogen-bond acceptors (Lipinski definition) is 5. The number of amides is 2. The molecule has 0 bridgehead atoms. The Morgan fingerprint density at radius 2 is 2.20 bits per heavy atom. The van der Waals surface area contributed by atoms with Crippen LogP contribution in [0.15, 0.2) is 24.3 Å². The lowest BCUT2D eigenvalue weighted by Crippen LogP contribution is -2.43. The minimum Gasteiger partial charge on any atom is -0.347 e. The standard InChI is InChI=1S/C18H18N4O2S/c1-2-3-12-4-5-13-14(8-12)25-17(21-13)9-15(23)20-10-16(24)22-18(11-19)6-7-18/h2-5,8H,6-7,9-10H2,1H3,(H,20,23)(H,22,24)/b3-2+. The fourth-order valence-electron chi connectivity index (χ4n) is 2.44. The highest BCUT2D eigenvalue weighted by Crippen LogP contribution is 2.34. The van der Waals surface area contributed by atoms with E-state index in [1.165, 1.54) is 11.3 Å². The molecule has 6 nitrogen and oxygen atoms in total. The van der Waals surface area contributed by atoms with Gasteiger partial charge in [-0.05, 0) is 37.5 Å². The Kier molecular flexibility index (Phi) is 4.81. The summed E-state index contributed by atoms with van der Waals surface area (Å²) in [6.07, 6.45) is 5.46. The quantitative estimate of drug-likeness (QED) is 0.831. The van der Waals surface area contributed by atoms with E-state index in [1.807, 2.05) is 37.3 Å². The smallest absolute Gasteiger partial charge is 0.240 e. The van der Waals surface area contributed by atoms with Crippen molar-refractivity contribution in [2.75, 3.05) is 6.54 Å². The molecule has 0 aliphatic heterocycles. The van der Waals surface area contributed by atoms with E-state index >= 15 is 0 Å². The summed E-state index contributed by atoms with van der Waals surface area (Å²) in [5.41, 5.74) is 1.25. The van der Waals surface area contributed by atoms with Gasteiger partial charge < -0.3 is 10.6 Å². The summed E-state index contributed by atoms with van der Waals surface area (Å²) in [5, 5.41) is 14.9. The maximum atomic E-state index is 12.0. The first-order valence-corrected chi connectivity index (χ1v) is 8.86. The zero-order valence-electron chi connectivity index (χ0n) is 13.8. The molecule has 0 unspecified atom stereocenters. The molecule has 1 aromatic heterocycles. The van der Waals surface area contributed by atoms with Crippen molar-refractivity contribution in [3.8, 4) is 6.07 Å². The molecule has 1 fully saturated rings. The first kappa shape index (κ1) is 17.1. The van der Waals surface area contributed by atoms with Crippen LogP contribution in [0.2, 0.25) is 0 Å². The van der Waals surface area contributed by atoms with Crippen molar-refractivity contribution >= 4 is 39.4 Å².